The largest absolute Gasteiger partial charge is 0.496 e. The number of piperidine rings is 1. The van der Waals surface area contributed by atoms with Gasteiger partial charge >= 0.3 is 5.97 Å². The number of carboxylic acid groups (broad SMARTS) is 1. The van der Waals surface area contributed by atoms with Crippen LogP contribution in [0.1, 0.15) is 108 Å². The van der Waals surface area contributed by atoms with Crippen LogP contribution in [0.5, 0.6) is 5.75 Å². The van der Waals surface area contributed by atoms with Gasteiger partial charge in [-0.25, -0.2) is 9.37 Å². The molecule has 4 aromatic rings. The monoisotopic (exact) mass is 774 g/mol. The molecule has 2 saturated carbocycles. The van der Waals surface area contributed by atoms with Crippen LogP contribution in [0.2, 0.25) is 0 Å². The fourth-order valence-electron chi connectivity index (χ4n) is 10.3. The zero-order chi connectivity index (χ0) is 40.1. The van der Waals surface area contributed by atoms with Crippen molar-refractivity contribution in [2.24, 2.45) is 17.9 Å². The van der Waals surface area contributed by atoms with Crippen molar-refractivity contribution in [1.29, 1.82) is 0 Å². The highest BCUT2D eigenvalue weighted by Crippen LogP contribution is 2.62. The SMILES string of the molecule is COc1cc(/C(F)=C/c2cccc(-c3cccc(NC(=O)c4nc5c(n4C)CCN(CC46CCC(C(=O)O)(CC4)C6)C5)c3C)c2C)ncc1CN1CCCC[C@H]1C. The number of aromatic nitrogens is 3. The van der Waals surface area contributed by atoms with E-state index in [0.29, 0.717) is 29.8 Å². The topological polar surface area (TPSA) is 113 Å². The number of ether oxygens (including phenoxy) is 1. The Balaban J connectivity index is 0.969. The molecule has 8 rings (SSSR count). The number of benzene rings is 2. The number of fused-ring (bicyclic) bond motifs is 3. The van der Waals surface area contributed by atoms with Crippen LogP contribution in [-0.2, 0) is 31.4 Å². The standard InChI is InChI=1S/C46H55FN6O4/c1-29-10-6-7-20-53(29)25-33-24-48-38(23-41(33)57-5)36(47)22-32-11-8-12-34(30(32)2)35-13-9-14-37(31(35)3)50-43(54)42-49-39-26-52(21-15-40(39)51(42)4)28-45-16-18-46(27-45,19-17-45)44(55)56/h8-9,11-14,22-24,29H,6-7,10,15-21,25-28H2,1-5H3,(H,50,54)(H,55,56)/b36-22-/t29-,45?,46?/m1/s1. The van der Waals surface area contributed by atoms with Crippen LogP contribution in [0.3, 0.4) is 0 Å². The number of methoxy groups -OCH3 is 1. The van der Waals surface area contributed by atoms with Crippen LogP contribution in [0.15, 0.2) is 48.7 Å². The summed E-state index contributed by atoms with van der Waals surface area (Å²) in [6.07, 6.45) is 11.9. The van der Waals surface area contributed by atoms with Crippen molar-refractivity contribution in [2.45, 2.75) is 97.7 Å². The van der Waals surface area contributed by atoms with E-state index in [4.69, 9.17) is 9.72 Å². The number of anilines is 1. The Labute approximate surface area is 335 Å². The number of pyridine rings is 1. The quantitative estimate of drug-likeness (QED) is 0.156. The molecular weight excluding hydrogens is 720 g/mol. The van der Waals surface area contributed by atoms with Gasteiger partial charge in [0.25, 0.3) is 5.91 Å². The average molecular weight is 775 g/mol. The molecule has 1 saturated heterocycles. The highest BCUT2D eigenvalue weighted by Gasteiger charge is 2.58. The van der Waals surface area contributed by atoms with Gasteiger partial charge in [0.05, 0.1) is 18.2 Å². The first-order valence-electron chi connectivity index (χ1n) is 20.5. The highest BCUT2D eigenvalue weighted by atomic mass is 19.1. The lowest BCUT2D eigenvalue weighted by Gasteiger charge is -2.35. The minimum Gasteiger partial charge on any atom is -0.496 e. The molecule has 2 aliphatic heterocycles. The number of rotatable bonds is 11. The molecule has 10 nitrogen and oxygen atoms in total. The maximum absolute atomic E-state index is 15.9. The van der Waals surface area contributed by atoms with E-state index < -0.39 is 17.2 Å². The number of carbonyl (C=O) groups is 2. The number of carboxylic acids is 1. The lowest BCUT2D eigenvalue weighted by molar-refractivity contribution is -0.148. The Bertz CT molecular complexity index is 2240. The number of hydrogen-bond acceptors (Lipinski definition) is 7. The molecular formula is C46H55FN6O4. The molecule has 1 atom stereocenters. The lowest BCUT2D eigenvalue weighted by Crippen LogP contribution is -2.39. The molecule has 300 valence electrons. The normalized spacial score (nSPS) is 23.8. The van der Waals surface area contributed by atoms with E-state index in [-0.39, 0.29) is 17.0 Å². The summed E-state index contributed by atoms with van der Waals surface area (Å²) in [5, 5.41) is 13.0. The summed E-state index contributed by atoms with van der Waals surface area (Å²) in [6.45, 7) is 10.4. The fraction of sp³-hybridized carbons (Fsp3) is 0.478. The maximum Gasteiger partial charge on any atom is 0.309 e. The Morgan fingerprint density at radius 1 is 1.05 bits per heavy atom. The van der Waals surface area contributed by atoms with Crippen molar-refractivity contribution in [3.8, 4) is 16.9 Å². The number of nitrogens with zero attached hydrogens (tertiary/aromatic N) is 5. The second-order valence-corrected chi connectivity index (χ2v) is 17.3. The zero-order valence-corrected chi connectivity index (χ0v) is 34.0. The molecule has 2 aromatic carbocycles. The average Bonchev–Trinajstić information content (AvgIpc) is 3.88. The van der Waals surface area contributed by atoms with E-state index in [1.807, 2.05) is 61.9 Å². The number of hydrogen-bond donors (Lipinski definition) is 2. The van der Waals surface area contributed by atoms with Gasteiger partial charge < -0.3 is 19.7 Å². The number of halogens is 1. The summed E-state index contributed by atoms with van der Waals surface area (Å²) in [5.41, 5.74) is 7.82. The minimum absolute atomic E-state index is 0.0683. The molecule has 3 fully saturated rings. The van der Waals surface area contributed by atoms with Crippen molar-refractivity contribution in [3.05, 3.63) is 93.8 Å². The van der Waals surface area contributed by atoms with Gasteiger partial charge in [-0.15, -0.1) is 0 Å². The van der Waals surface area contributed by atoms with Gasteiger partial charge in [0, 0.05) is 74.9 Å². The predicted molar refractivity (Wildman–Crippen MR) is 221 cm³/mol. The van der Waals surface area contributed by atoms with Crippen LogP contribution >= 0.6 is 0 Å². The molecule has 4 aliphatic rings. The van der Waals surface area contributed by atoms with E-state index in [1.165, 1.54) is 25.3 Å². The summed E-state index contributed by atoms with van der Waals surface area (Å²) in [4.78, 5) is 40.1. The van der Waals surface area contributed by atoms with Gasteiger partial charge in [0.1, 0.15) is 17.3 Å². The van der Waals surface area contributed by atoms with Gasteiger partial charge in [-0.05, 0) is 118 Å². The third-order valence-electron chi connectivity index (χ3n) is 13.8. The zero-order valence-electron chi connectivity index (χ0n) is 34.0. The molecule has 11 heteroatoms. The fourth-order valence-corrected chi connectivity index (χ4v) is 10.3. The summed E-state index contributed by atoms with van der Waals surface area (Å²) in [5.74, 6) is -0.344. The number of aliphatic carboxylic acids is 1. The molecule has 2 aliphatic carbocycles. The van der Waals surface area contributed by atoms with Crippen molar-refractivity contribution >= 4 is 29.5 Å². The molecule has 2 aromatic heterocycles. The van der Waals surface area contributed by atoms with Crippen LogP contribution in [0.25, 0.3) is 23.0 Å². The van der Waals surface area contributed by atoms with E-state index >= 15 is 4.39 Å². The van der Waals surface area contributed by atoms with Gasteiger partial charge in [-0.3, -0.25) is 24.4 Å². The third kappa shape index (κ3) is 7.40. The Hall–Kier alpha value is -4.87. The summed E-state index contributed by atoms with van der Waals surface area (Å²) in [7, 11) is 3.53. The molecule has 0 spiro atoms. The third-order valence-corrected chi connectivity index (χ3v) is 13.8. The molecule has 1 amide bonds. The Morgan fingerprint density at radius 2 is 1.81 bits per heavy atom. The smallest absolute Gasteiger partial charge is 0.309 e. The van der Waals surface area contributed by atoms with Gasteiger partial charge in [0.2, 0.25) is 0 Å². The van der Waals surface area contributed by atoms with Crippen molar-refractivity contribution in [2.75, 3.05) is 32.1 Å². The molecule has 2 N–H and O–H groups in total. The summed E-state index contributed by atoms with van der Waals surface area (Å²) >= 11 is 0. The molecule has 57 heavy (non-hydrogen) atoms. The van der Waals surface area contributed by atoms with Crippen LogP contribution in [-0.4, -0.2) is 74.1 Å². The highest BCUT2D eigenvalue weighted by molar-refractivity contribution is 6.03. The molecule has 2 bridgehead atoms. The lowest BCUT2D eigenvalue weighted by atomic mass is 9.81. The minimum atomic E-state index is -0.634. The second-order valence-electron chi connectivity index (χ2n) is 17.3. The van der Waals surface area contributed by atoms with E-state index in [1.54, 1.807) is 19.4 Å². The van der Waals surface area contributed by atoms with Crippen LogP contribution < -0.4 is 10.1 Å². The molecule has 0 radical (unpaired) electrons. The number of carbonyl (C=O) groups excluding carboxylic acids is 1. The summed E-state index contributed by atoms with van der Waals surface area (Å²) in [6, 6.07) is 13.9. The molecule has 4 heterocycles. The van der Waals surface area contributed by atoms with E-state index in [9.17, 15) is 14.7 Å². The Kier molecular flexibility index (Phi) is 10.6. The predicted octanol–water partition coefficient (Wildman–Crippen LogP) is 8.60. The van der Waals surface area contributed by atoms with Crippen LogP contribution in [0.4, 0.5) is 10.1 Å². The van der Waals surface area contributed by atoms with Crippen molar-refractivity contribution in [3.63, 3.8) is 0 Å². The molecule has 0 unspecified atom stereocenters. The van der Waals surface area contributed by atoms with Gasteiger partial charge in [-0.1, -0.05) is 36.8 Å². The first-order valence-corrected chi connectivity index (χ1v) is 20.5. The van der Waals surface area contributed by atoms with Crippen molar-refractivity contribution in [1.82, 2.24) is 24.3 Å². The summed E-state index contributed by atoms with van der Waals surface area (Å²) < 4.78 is 23.5. The number of amides is 1. The number of imidazole rings is 1. The van der Waals surface area contributed by atoms with E-state index in [2.05, 4.69) is 27.0 Å². The number of nitrogens with one attached hydrogen (secondary N) is 1. The maximum atomic E-state index is 15.9. The first kappa shape index (κ1) is 39.0. The first-order chi connectivity index (χ1) is 27.4. The second kappa shape index (κ2) is 15.5. The van der Waals surface area contributed by atoms with Gasteiger partial charge in [-0.2, -0.15) is 0 Å². The van der Waals surface area contributed by atoms with Gasteiger partial charge in [0.15, 0.2) is 5.82 Å². The van der Waals surface area contributed by atoms with Crippen LogP contribution in [0, 0.1) is 24.7 Å². The van der Waals surface area contributed by atoms with Crippen molar-refractivity contribution < 1.29 is 23.8 Å². The Morgan fingerprint density at radius 3 is 2.53 bits per heavy atom. The van der Waals surface area contributed by atoms with E-state index in [0.717, 1.165) is 109 Å². The number of likely N-dealkylation sites (tertiary alicyclic amines) is 1.